The molecular formula is C17H18AuN2OS2-2. The molecule has 1 saturated heterocycles. The molecule has 1 aliphatic heterocycles. The number of likely N-dealkylation sites (tertiary alicyclic amines) is 1. The van der Waals surface area contributed by atoms with Crippen LogP contribution >= 0.6 is 0 Å². The molecule has 1 fully saturated rings. The number of hydrogen-bond donors (Lipinski definition) is 0. The maximum Gasteiger partial charge on any atom is 0.210 e. The maximum atomic E-state index is 11.2. The van der Waals surface area contributed by atoms with Gasteiger partial charge in [0.05, 0.1) is 0 Å². The van der Waals surface area contributed by atoms with Crippen LogP contribution in [0, 0.1) is 0 Å². The summed E-state index contributed by atoms with van der Waals surface area (Å²) in [5.41, 5.74) is 2.36. The van der Waals surface area contributed by atoms with Crippen molar-refractivity contribution in [1.82, 2.24) is 4.90 Å². The second-order valence-electron chi connectivity index (χ2n) is 5.65. The summed E-state index contributed by atoms with van der Waals surface area (Å²) in [4.78, 5) is 2.19. The first-order chi connectivity index (χ1) is 10.6. The Kier molecular flexibility index (Phi) is 7.07. The first-order valence-electron chi connectivity index (χ1n) is 7.48. The van der Waals surface area contributed by atoms with E-state index in [9.17, 15) is 5.11 Å². The van der Waals surface area contributed by atoms with Gasteiger partial charge in [-0.05, 0) is 37.4 Å². The molecule has 127 valence electrons. The Morgan fingerprint density at radius 1 is 1.00 bits per heavy atom. The number of piperidine rings is 1. The minimum atomic E-state index is -0.178. The van der Waals surface area contributed by atoms with Crippen molar-refractivity contribution in [2.75, 3.05) is 13.1 Å². The third kappa shape index (κ3) is 4.78. The van der Waals surface area contributed by atoms with Crippen LogP contribution in [0.3, 0.4) is 0 Å². The van der Waals surface area contributed by atoms with E-state index in [4.69, 9.17) is 25.3 Å². The molecule has 6 heteroatoms. The summed E-state index contributed by atoms with van der Waals surface area (Å²) >= 11 is 10.3. The molecule has 1 radical (unpaired) electrons. The van der Waals surface area contributed by atoms with Gasteiger partial charge in [-0.3, -0.25) is 0 Å². The van der Waals surface area contributed by atoms with E-state index in [1.807, 2.05) is 16.7 Å². The van der Waals surface area contributed by atoms with E-state index in [2.05, 4.69) is 29.4 Å². The van der Waals surface area contributed by atoms with Crippen molar-refractivity contribution in [1.29, 1.82) is 0 Å². The molecule has 2 aromatic rings. The summed E-state index contributed by atoms with van der Waals surface area (Å²) in [6.45, 7) is 1.98. The molecule has 1 aromatic heterocycles. The van der Waals surface area contributed by atoms with Crippen LogP contribution in [-0.2, 0) is 47.6 Å². The average Bonchev–Trinajstić information content (AvgIpc) is 2.56. The molecule has 3 nitrogen and oxygen atoms in total. The molecule has 0 aliphatic carbocycles. The minimum absolute atomic E-state index is 0. The topological polar surface area (TPSA) is 30.2 Å². The van der Waals surface area contributed by atoms with Crippen LogP contribution in [0.4, 0.5) is 0 Å². The van der Waals surface area contributed by atoms with Gasteiger partial charge in [-0.2, -0.15) is 4.57 Å². The molecule has 1 aromatic carbocycles. The van der Waals surface area contributed by atoms with Crippen molar-refractivity contribution in [3.05, 3.63) is 54.4 Å². The third-order valence-electron chi connectivity index (χ3n) is 4.29. The van der Waals surface area contributed by atoms with Crippen LogP contribution < -0.4 is 9.67 Å². The Balaban J connectivity index is 0.00000192. The fourth-order valence-electron chi connectivity index (χ4n) is 2.94. The largest absolute Gasteiger partial charge is 0.872 e. The van der Waals surface area contributed by atoms with Crippen molar-refractivity contribution < 1.29 is 32.1 Å². The van der Waals surface area contributed by atoms with Crippen molar-refractivity contribution >= 4 is 25.3 Å². The standard InChI is InChI=1S/C17H20N2OS2.Au/c20-16-3-1-15(2-4-16)18-9-5-13(6-10-18)14-7-11-19(12-8-14)17(21)22;/h1-6,9-10,14,17H,7-8,11-12H2,(H2-,20,21,22);/p-2. The fraction of sp³-hybridized carbons (Fsp3) is 0.353. The predicted molar refractivity (Wildman–Crippen MR) is 89.5 cm³/mol. The fourth-order valence-corrected chi connectivity index (χ4v) is 3.37. The molecule has 3 rings (SSSR count). The van der Waals surface area contributed by atoms with Crippen LogP contribution in [0.25, 0.3) is 5.69 Å². The van der Waals surface area contributed by atoms with Crippen molar-refractivity contribution in [2.24, 2.45) is 0 Å². The smallest absolute Gasteiger partial charge is 0.210 e. The second kappa shape index (κ2) is 8.60. The number of rotatable bonds is 3. The van der Waals surface area contributed by atoms with E-state index in [1.165, 1.54) is 5.56 Å². The van der Waals surface area contributed by atoms with E-state index >= 15 is 0 Å². The number of hydrogen-bond acceptors (Lipinski definition) is 4. The average molecular weight is 527 g/mol. The summed E-state index contributed by atoms with van der Waals surface area (Å²) in [6, 6.07) is 11.2. The molecule has 1 aliphatic rings. The van der Waals surface area contributed by atoms with E-state index in [-0.39, 0.29) is 32.8 Å². The molecule has 2 heterocycles. The summed E-state index contributed by atoms with van der Waals surface area (Å²) in [7, 11) is 0. The van der Waals surface area contributed by atoms with Gasteiger partial charge >= 0.3 is 0 Å². The summed E-state index contributed by atoms with van der Waals surface area (Å²) < 4.78 is 1.85. The number of nitrogens with zero attached hydrogens (tertiary/aromatic N) is 2. The van der Waals surface area contributed by atoms with Gasteiger partial charge in [0.1, 0.15) is 0 Å². The molecule has 0 amide bonds. The van der Waals surface area contributed by atoms with Gasteiger partial charge in [-0.15, -0.1) is 5.75 Å². The van der Waals surface area contributed by atoms with Crippen molar-refractivity contribution in [3.8, 4) is 11.4 Å². The van der Waals surface area contributed by atoms with Gasteiger partial charge in [0.2, 0.25) is 5.69 Å². The second-order valence-corrected chi connectivity index (χ2v) is 6.84. The molecule has 0 bridgehead atoms. The number of aromatic nitrogens is 1. The predicted octanol–water partition coefficient (Wildman–Crippen LogP) is 1.59. The zero-order chi connectivity index (χ0) is 15.5. The van der Waals surface area contributed by atoms with Gasteiger partial charge in [0.15, 0.2) is 12.4 Å². The van der Waals surface area contributed by atoms with Crippen LogP contribution in [0.15, 0.2) is 48.8 Å². The molecule has 0 N–H and O–H groups in total. The first-order valence-corrected chi connectivity index (χ1v) is 8.42. The van der Waals surface area contributed by atoms with Crippen LogP contribution in [-0.4, -0.2) is 22.7 Å². The van der Waals surface area contributed by atoms with Gasteiger partial charge in [0, 0.05) is 46.6 Å². The normalized spacial score (nSPS) is 16.3. The van der Waals surface area contributed by atoms with Crippen molar-refractivity contribution in [2.45, 2.75) is 23.5 Å². The molecule has 0 atom stereocenters. The number of benzene rings is 1. The Morgan fingerprint density at radius 3 is 2.09 bits per heavy atom. The third-order valence-corrected chi connectivity index (χ3v) is 4.89. The SMILES string of the molecule is [Au].[O-]c1ccc(-[n+]2ccc(C3CCN(C([S-])[S-])CC3)cc2)cc1. The maximum absolute atomic E-state index is 11.2. The Labute approximate surface area is 164 Å². The van der Waals surface area contributed by atoms with Crippen LogP contribution in [0.5, 0.6) is 5.75 Å². The Hall–Kier alpha value is -0.430. The molecule has 0 unspecified atom stereocenters. The van der Waals surface area contributed by atoms with Gasteiger partial charge in [0.25, 0.3) is 0 Å². The minimum Gasteiger partial charge on any atom is -0.872 e. The number of pyridine rings is 1. The molecule has 0 spiro atoms. The Morgan fingerprint density at radius 2 is 1.57 bits per heavy atom. The summed E-state index contributed by atoms with van der Waals surface area (Å²) in [6.07, 6.45) is 6.34. The summed E-state index contributed by atoms with van der Waals surface area (Å²) in [5.74, 6) is 0.619. The van der Waals surface area contributed by atoms with E-state index in [0.717, 1.165) is 31.6 Å². The Bertz CT molecular complexity index is 611. The zero-order valence-corrected chi connectivity index (χ0v) is 16.3. The van der Waals surface area contributed by atoms with Crippen LogP contribution in [0.1, 0.15) is 24.3 Å². The quantitative estimate of drug-likeness (QED) is 0.345. The van der Waals surface area contributed by atoms with Gasteiger partial charge < -0.3 is 35.3 Å². The molecular weight excluding hydrogens is 509 g/mol. The monoisotopic (exact) mass is 527 g/mol. The molecule has 0 saturated carbocycles. The van der Waals surface area contributed by atoms with E-state index in [1.54, 1.807) is 12.1 Å². The van der Waals surface area contributed by atoms with Gasteiger partial charge in [-0.1, -0.05) is 12.1 Å². The van der Waals surface area contributed by atoms with E-state index < -0.39 is 0 Å². The van der Waals surface area contributed by atoms with Crippen molar-refractivity contribution in [3.63, 3.8) is 0 Å². The summed E-state index contributed by atoms with van der Waals surface area (Å²) in [5, 5.41) is 11.2. The zero-order valence-electron chi connectivity index (χ0n) is 12.5. The molecule has 23 heavy (non-hydrogen) atoms. The van der Waals surface area contributed by atoms with E-state index in [0.29, 0.717) is 5.92 Å². The van der Waals surface area contributed by atoms with Gasteiger partial charge in [-0.25, -0.2) is 4.71 Å². The van der Waals surface area contributed by atoms with Crippen LogP contribution in [0.2, 0.25) is 0 Å². The first kappa shape index (κ1) is 18.9.